The van der Waals surface area contributed by atoms with Crippen LogP contribution >= 0.6 is 0 Å². The molecule has 0 spiro atoms. The van der Waals surface area contributed by atoms with Crippen molar-refractivity contribution in [1.29, 1.82) is 0 Å². The van der Waals surface area contributed by atoms with Gasteiger partial charge in [0.05, 0.1) is 40.8 Å². The highest BCUT2D eigenvalue weighted by molar-refractivity contribution is 7.93. The molecule has 43 heavy (non-hydrogen) atoms. The van der Waals surface area contributed by atoms with Crippen molar-refractivity contribution in [3.63, 3.8) is 0 Å². The first kappa shape index (κ1) is 29.3. The number of rotatable bonds is 9. The number of hydrogen-bond donors (Lipinski definition) is 2. The van der Waals surface area contributed by atoms with Crippen molar-refractivity contribution in [1.82, 2.24) is 4.98 Å². The molecule has 0 saturated carbocycles. The van der Waals surface area contributed by atoms with Gasteiger partial charge in [0.1, 0.15) is 5.52 Å². The van der Waals surface area contributed by atoms with Crippen LogP contribution in [0.15, 0.2) is 105 Å². The number of nitrogens with one attached hydrogen (secondary N) is 2. The Kier molecular flexibility index (Phi) is 7.89. The van der Waals surface area contributed by atoms with Crippen molar-refractivity contribution in [2.24, 2.45) is 0 Å². The Balaban J connectivity index is 1.30. The van der Waals surface area contributed by atoms with Gasteiger partial charge in [-0.1, -0.05) is 0 Å². The monoisotopic (exact) mass is 621 g/mol. The molecule has 0 amide bonds. The second-order valence-electron chi connectivity index (χ2n) is 9.02. The number of sulfonamides is 2. The van der Waals surface area contributed by atoms with E-state index in [1.807, 2.05) is 0 Å². The summed E-state index contributed by atoms with van der Waals surface area (Å²) in [5.41, 5.74) is 2.31. The molecule has 0 aliphatic carbocycles. The Morgan fingerprint density at radius 1 is 0.651 bits per heavy atom. The Morgan fingerprint density at radius 3 is 1.60 bits per heavy atom. The third-order valence-corrected chi connectivity index (χ3v) is 8.99. The van der Waals surface area contributed by atoms with E-state index in [4.69, 9.17) is 4.42 Å². The Bertz CT molecular complexity index is 2040. The van der Waals surface area contributed by atoms with Crippen LogP contribution in [0.25, 0.3) is 22.6 Å². The van der Waals surface area contributed by atoms with Gasteiger partial charge in [-0.3, -0.25) is 9.44 Å². The quantitative estimate of drug-likeness (QED) is 0.220. The van der Waals surface area contributed by atoms with Gasteiger partial charge in [-0.15, -0.1) is 0 Å². The summed E-state index contributed by atoms with van der Waals surface area (Å²) in [6.45, 7) is 0. The lowest BCUT2D eigenvalue weighted by atomic mass is 10.2. The van der Waals surface area contributed by atoms with E-state index in [1.165, 1.54) is 87.0 Å². The molecule has 5 aromatic rings. The number of fused-ring (bicyclic) bond motifs is 1. The van der Waals surface area contributed by atoms with Gasteiger partial charge in [-0.05, 0) is 91.0 Å². The topological polar surface area (TPSA) is 171 Å². The van der Waals surface area contributed by atoms with E-state index >= 15 is 0 Å². The number of carbonyl (C=O) groups is 2. The zero-order chi connectivity index (χ0) is 30.8. The normalized spacial score (nSPS) is 11.6. The zero-order valence-electron chi connectivity index (χ0n) is 22.6. The van der Waals surface area contributed by atoms with Gasteiger partial charge in [0.2, 0.25) is 5.89 Å². The summed E-state index contributed by atoms with van der Waals surface area (Å²) in [6.07, 6.45) is 0. The summed E-state index contributed by atoms with van der Waals surface area (Å²) in [4.78, 5) is 27.6. The summed E-state index contributed by atoms with van der Waals surface area (Å²) in [5, 5.41) is 0. The van der Waals surface area contributed by atoms with Gasteiger partial charge in [0.25, 0.3) is 20.0 Å². The lowest BCUT2D eigenvalue weighted by Crippen LogP contribution is -2.13. The highest BCUT2D eigenvalue weighted by Gasteiger charge is 2.18. The van der Waals surface area contributed by atoms with E-state index in [0.717, 1.165) is 0 Å². The minimum absolute atomic E-state index is 0.0344. The predicted octanol–water partition coefficient (Wildman–Crippen LogP) is 4.67. The van der Waals surface area contributed by atoms with Gasteiger partial charge in [-0.25, -0.2) is 31.4 Å². The van der Waals surface area contributed by atoms with E-state index in [-0.39, 0.29) is 38.2 Å². The molecule has 0 bridgehead atoms. The number of anilines is 2. The maximum atomic E-state index is 12.9. The SMILES string of the molecule is COC(=O)c1ccc(S(=O)(=O)Nc2ccc(-c3nc4cc(NS(=O)(=O)c5ccc(C(=O)OC)cc5)ccc4o3)cc2)cc1. The van der Waals surface area contributed by atoms with Crippen LogP contribution in [0.2, 0.25) is 0 Å². The summed E-state index contributed by atoms with van der Waals surface area (Å²) in [6, 6.07) is 21.5. The van der Waals surface area contributed by atoms with Crippen LogP contribution in [0, 0.1) is 0 Å². The number of esters is 2. The van der Waals surface area contributed by atoms with Crippen LogP contribution in [0.3, 0.4) is 0 Å². The molecule has 0 unspecified atom stereocenters. The highest BCUT2D eigenvalue weighted by atomic mass is 32.2. The molecule has 14 heteroatoms. The van der Waals surface area contributed by atoms with Crippen molar-refractivity contribution in [2.45, 2.75) is 9.79 Å². The zero-order valence-corrected chi connectivity index (χ0v) is 24.2. The van der Waals surface area contributed by atoms with Gasteiger partial charge in [-0.2, -0.15) is 0 Å². The molecule has 4 aromatic carbocycles. The third-order valence-electron chi connectivity index (χ3n) is 6.20. The molecular weight excluding hydrogens is 598 g/mol. The van der Waals surface area contributed by atoms with Crippen molar-refractivity contribution < 1.29 is 40.3 Å². The van der Waals surface area contributed by atoms with Crippen LogP contribution < -0.4 is 9.44 Å². The number of hydrogen-bond acceptors (Lipinski definition) is 10. The molecule has 0 saturated heterocycles. The molecule has 1 aromatic heterocycles. The molecule has 12 nitrogen and oxygen atoms in total. The maximum Gasteiger partial charge on any atom is 0.337 e. The Labute approximate surface area is 246 Å². The number of ether oxygens (including phenoxy) is 2. The third kappa shape index (κ3) is 6.34. The second kappa shape index (κ2) is 11.6. The predicted molar refractivity (Wildman–Crippen MR) is 157 cm³/mol. The molecular formula is C29H23N3O9S2. The first-order chi connectivity index (χ1) is 20.5. The van der Waals surface area contributed by atoms with Crippen molar-refractivity contribution in [3.05, 3.63) is 102 Å². The lowest BCUT2D eigenvalue weighted by Gasteiger charge is -2.09. The fourth-order valence-corrected chi connectivity index (χ4v) is 6.11. The summed E-state index contributed by atoms with van der Waals surface area (Å²) < 4.78 is 71.3. The summed E-state index contributed by atoms with van der Waals surface area (Å²) in [5.74, 6) is -0.918. The van der Waals surface area contributed by atoms with Crippen LogP contribution in [-0.2, 0) is 29.5 Å². The average Bonchev–Trinajstić information content (AvgIpc) is 3.44. The van der Waals surface area contributed by atoms with E-state index < -0.39 is 32.0 Å². The minimum Gasteiger partial charge on any atom is -0.465 e. The number of methoxy groups -OCH3 is 2. The number of benzene rings is 4. The number of nitrogens with zero attached hydrogens (tertiary/aromatic N) is 1. The summed E-state index contributed by atoms with van der Waals surface area (Å²) in [7, 11) is -5.42. The fraction of sp³-hybridized carbons (Fsp3) is 0.0690. The van der Waals surface area contributed by atoms with Crippen molar-refractivity contribution in [3.8, 4) is 11.5 Å². The molecule has 0 radical (unpaired) electrons. The first-order valence-electron chi connectivity index (χ1n) is 12.4. The molecule has 2 N–H and O–H groups in total. The lowest BCUT2D eigenvalue weighted by molar-refractivity contribution is 0.0592. The maximum absolute atomic E-state index is 12.9. The average molecular weight is 622 g/mol. The van der Waals surface area contributed by atoms with Crippen molar-refractivity contribution >= 4 is 54.5 Å². The second-order valence-corrected chi connectivity index (χ2v) is 12.4. The Hall–Kier alpha value is -5.21. The van der Waals surface area contributed by atoms with Gasteiger partial charge < -0.3 is 13.9 Å². The minimum atomic E-state index is -3.96. The number of aromatic nitrogens is 1. The molecule has 220 valence electrons. The number of carbonyl (C=O) groups excluding carboxylic acids is 2. The van der Waals surface area contributed by atoms with E-state index in [1.54, 1.807) is 18.2 Å². The Morgan fingerprint density at radius 2 is 1.12 bits per heavy atom. The van der Waals surface area contributed by atoms with Crippen LogP contribution in [0.4, 0.5) is 11.4 Å². The van der Waals surface area contributed by atoms with Crippen molar-refractivity contribution in [2.75, 3.05) is 23.7 Å². The van der Waals surface area contributed by atoms with Gasteiger partial charge >= 0.3 is 11.9 Å². The molecule has 5 rings (SSSR count). The standard InChI is InChI=1S/C29H23N3O9S2/c1-39-28(33)19-5-12-23(13-6-19)42(35,36)31-21-9-3-18(4-10-21)27-30-25-17-22(11-16-26(25)41-27)32-43(37,38)24-14-7-20(8-15-24)29(34)40-2/h3-17,31-32H,1-2H3. The first-order valence-corrected chi connectivity index (χ1v) is 15.4. The van der Waals surface area contributed by atoms with Gasteiger partial charge in [0.15, 0.2) is 5.58 Å². The molecule has 0 fully saturated rings. The van der Waals surface area contributed by atoms with Crippen LogP contribution in [0.5, 0.6) is 0 Å². The summed E-state index contributed by atoms with van der Waals surface area (Å²) >= 11 is 0. The smallest absolute Gasteiger partial charge is 0.337 e. The number of oxazole rings is 1. The van der Waals surface area contributed by atoms with Crippen LogP contribution in [-0.4, -0.2) is 48.0 Å². The molecule has 0 aliphatic heterocycles. The fourth-order valence-electron chi connectivity index (χ4n) is 4.00. The highest BCUT2D eigenvalue weighted by Crippen LogP contribution is 2.28. The van der Waals surface area contributed by atoms with E-state index in [9.17, 15) is 26.4 Å². The van der Waals surface area contributed by atoms with E-state index in [0.29, 0.717) is 16.7 Å². The van der Waals surface area contributed by atoms with Gasteiger partial charge in [0, 0.05) is 11.3 Å². The largest absolute Gasteiger partial charge is 0.465 e. The molecule has 1 heterocycles. The van der Waals surface area contributed by atoms with Crippen LogP contribution in [0.1, 0.15) is 20.7 Å². The molecule has 0 aliphatic rings. The molecule has 0 atom stereocenters. The van der Waals surface area contributed by atoms with E-state index in [2.05, 4.69) is 23.9 Å².